The number of hydrogen-bond donors (Lipinski definition) is 3. The van der Waals surface area contributed by atoms with Crippen molar-refractivity contribution in [1.82, 2.24) is 20.9 Å². The number of benzene rings is 1. The topological polar surface area (TPSA) is 91.9 Å². The maximum Gasteiger partial charge on any atom is 0.406 e. The normalized spacial score (nSPS) is 20.9. The predicted molar refractivity (Wildman–Crippen MR) is 142 cm³/mol. The minimum atomic E-state index is -0.683. The van der Waals surface area contributed by atoms with Gasteiger partial charge in [-0.25, -0.2) is 18.4 Å². The van der Waals surface area contributed by atoms with Crippen molar-refractivity contribution >= 4 is 12.1 Å². The lowest BCUT2D eigenvalue weighted by Gasteiger charge is -2.39. The van der Waals surface area contributed by atoms with Crippen LogP contribution in [-0.4, -0.2) is 70.0 Å². The number of piperidine rings is 1. The van der Waals surface area contributed by atoms with Crippen LogP contribution in [0.15, 0.2) is 18.2 Å². The third-order valence-corrected chi connectivity index (χ3v) is 7.82. The summed E-state index contributed by atoms with van der Waals surface area (Å²) in [5, 5.41) is 9.02. The first-order valence-corrected chi connectivity index (χ1v) is 13.8. The van der Waals surface area contributed by atoms with Crippen LogP contribution in [0.1, 0.15) is 70.0 Å². The van der Waals surface area contributed by atoms with Crippen LogP contribution in [0.5, 0.6) is 0 Å². The van der Waals surface area contributed by atoms with E-state index in [9.17, 15) is 18.4 Å². The molecule has 1 saturated carbocycles. The quantitative estimate of drug-likeness (QED) is 0.354. The Morgan fingerprint density at radius 1 is 1.13 bits per heavy atom. The predicted octanol–water partition coefficient (Wildman–Crippen LogP) is 4.75. The molecule has 0 radical (unpaired) electrons. The van der Waals surface area contributed by atoms with Gasteiger partial charge < -0.3 is 30.3 Å². The highest BCUT2D eigenvalue weighted by Crippen LogP contribution is 2.39. The number of nitrogens with one attached hydrogen (secondary N) is 3. The van der Waals surface area contributed by atoms with Gasteiger partial charge in [0.15, 0.2) is 0 Å². The minimum Gasteiger partial charge on any atom is -0.453 e. The van der Waals surface area contributed by atoms with E-state index in [0.717, 1.165) is 25.3 Å². The van der Waals surface area contributed by atoms with E-state index in [2.05, 4.69) is 27.6 Å². The molecule has 3 N–H and O–H groups in total. The van der Waals surface area contributed by atoms with Crippen molar-refractivity contribution in [2.24, 2.45) is 11.3 Å². The standard InChI is InChI=1S/C28H44F2N4O4/c1-28(9-5-4-6-10-28)17-24(18-31-2)33-26(35)34-12-7-8-20(19-34)25(38-13-11-32-27(36)37-3)21-14-22(29)16-23(30)15-21/h14-16,20,24-25,31H,4-13,17-19H2,1-3H3,(H,32,36)(H,33,35)/t20-,24-,25-/m1/s1. The Hall–Kier alpha value is -2.46. The van der Waals surface area contributed by atoms with E-state index in [0.29, 0.717) is 25.2 Å². The van der Waals surface area contributed by atoms with E-state index in [4.69, 9.17) is 4.74 Å². The molecule has 3 amide bonds. The van der Waals surface area contributed by atoms with Gasteiger partial charge in [-0.2, -0.15) is 0 Å². The van der Waals surface area contributed by atoms with E-state index < -0.39 is 23.8 Å². The third kappa shape index (κ3) is 9.08. The summed E-state index contributed by atoms with van der Waals surface area (Å²) in [6.45, 7) is 4.35. The van der Waals surface area contributed by atoms with Crippen molar-refractivity contribution in [1.29, 1.82) is 0 Å². The molecule has 214 valence electrons. The van der Waals surface area contributed by atoms with Gasteiger partial charge in [-0.3, -0.25) is 0 Å². The largest absolute Gasteiger partial charge is 0.453 e. The van der Waals surface area contributed by atoms with E-state index in [1.165, 1.54) is 51.3 Å². The molecule has 2 aliphatic rings. The fourth-order valence-corrected chi connectivity index (χ4v) is 5.99. The van der Waals surface area contributed by atoms with Gasteiger partial charge in [-0.1, -0.05) is 26.2 Å². The first-order valence-electron chi connectivity index (χ1n) is 13.8. The molecule has 10 heteroatoms. The summed E-state index contributed by atoms with van der Waals surface area (Å²) in [6, 6.07) is 3.27. The molecular formula is C28H44F2N4O4. The zero-order valence-electron chi connectivity index (χ0n) is 23.0. The number of halogens is 2. The fraction of sp³-hybridized carbons (Fsp3) is 0.714. The first kappa shape index (κ1) is 30.1. The van der Waals surface area contributed by atoms with Crippen molar-refractivity contribution in [3.05, 3.63) is 35.4 Å². The summed E-state index contributed by atoms with van der Waals surface area (Å²) in [4.78, 5) is 26.5. The van der Waals surface area contributed by atoms with Crippen LogP contribution in [0.25, 0.3) is 0 Å². The van der Waals surface area contributed by atoms with Gasteiger partial charge in [-0.15, -0.1) is 0 Å². The van der Waals surface area contributed by atoms with Crippen LogP contribution < -0.4 is 16.0 Å². The molecule has 1 aliphatic carbocycles. The average molecular weight is 539 g/mol. The number of likely N-dealkylation sites (tertiary alicyclic amines) is 1. The highest BCUT2D eigenvalue weighted by atomic mass is 19.1. The highest BCUT2D eigenvalue weighted by Gasteiger charge is 2.34. The Balaban J connectivity index is 1.67. The van der Waals surface area contributed by atoms with Gasteiger partial charge in [0.25, 0.3) is 0 Å². The van der Waals surface area contributed by atoms with E-state index >= 15 is 0 Å². The number of hydrogen-bond acceptors (Lipinski definition) is 5. The summed E-state index contributed by atoms with van der Waals surface area (Å²) in [7, 11) is 3.17. The number of urea groups is 1. The molecule has 38 heavy (non-hydrogen) atoms. The molecule has 3 rings (SSSR count). The highest BCUT2D eigenvalue weighted by molar-refractivity contribution is 5.74. The Bertz CT molecular complexity index is 893. The van der Waals surface area contributed by atoms with Gasteiger partial charge in [0.2, 0.25) is 0 Å². The monoisotopic (exact) mass is 538 g/mol. The Morgan fingerprint density at radius 3 is 2.50 bits per heavy atom. The number of methoxy groups -OCH3 is 1. The Kier molecular flexibility index (Phi) is 11.6. The molecule has 1 aliphatic heterocycles. The number of alkyl carbamates (subject to hydrolysis) is 1. The van der Waals surface area contributed by atoms with Gasteiger partial charge in [0, 0.05) is 44.2 Å². The molecule has 8 nitrogen and oxygen atoms in total. The Labute approximate surface area is 225 Å². The number of amides is 3. The van der Waals surface area contributed by atoms with Crippen molar-refractivity contribution in [2.45, 2.75) is 70.4 Å². The van der Waals surface area contributed by atoms with Crippen LogP contribution in [0.4, 0.5) is 18.4 Å². The van der Waals surface area contributed by atoms with Gasteiger partial charge in [0.1, 0.15) is 11.6 Å². The number of rotatable bonds is 11. The van der Waals surface area contributed by atoms with Crippen molar-refractivity contribution in [3.8, 4) is 0 Å². The molecule has 0 spiro atoms. The molecule has 2 fully saturated rings. The van der Waals surface area contributed by atoms with Crippen molar-refractivity contribution < 1.29 is 27.8 Å². The molecule has 0 bridgehead atoms. The Morgan fingerprint density at radius 2 is 1.84 bits per heavy atom. The summed E-state index contributed by atoms with van der Waals surface area (Å²) >= 11 is 0. The van der Waals surface area contributed by atoms with Crippen molar-refractivity contribution in [2.75, 3.05) is 46.9 Å². The van der Waals surface area contributed by atoms with Crippen molar-refractivity contribution in [3.63, 3.8) is 0 Å². The molecule has 0 aromatic heterocycles. The zero-order valence-corrected chi connectivity index (χ0v) is 23.0. The lowest BCUT2D eigenvalue weighted by molar-refractivity contribution is -0.00902. The fourth-order valence-electron chi connectivity index (χ4n) is 5.99. The number of nitrogens with zero attached hydrogens (tertiary/aromatic N) is 1. The average Bonchev–Trinajstić information content (AvgIpc) is 2.88. The van der Waals surface area contributed by atoms with E-state index in [1.807, 2.05) is 7.05 Å². The smallest absolute Gasteiger partial charge is 0.406 e. The number of likely N-dealkylation sites (N-methyl/N-ethyl adjacent to an activating group) is 1. The molecule has 1 heterocycles. The second-order valence-corrected chi connectivity index (χ2v) is 11.0. The maximum atomic E-state index is 14.1. The minimum absolute atomic E-state index is 0.0183. The lowest BCUT2D eigenvalue weighted by Crippen LogP contribution is -2.52. The molecule has 0 unspecified atom stereocenters. The van der Waals surface area contributed by atoms with Crippen LogP contribution in [0, 0.1) is 23.0 Å². The SMILES string of the molecule is CNC[C@@H](CC1(C)CCCCC1)NC(=O)N1CCC[C@@H]([C@@H](OCCNC(=O)OC)c2cc(F)cc(F)c2)C1. The van der Waals surface area contributed by atoms with E-state index in [1.54, 1.807) is 4.90 Å². The summed E-state index contributed by atoms with van der Waals surface area (Å²) in [5.74, 6) is -1.52. The van der Waals surface area contributed by atoms with Gasteiger partial charge in [0.05, 0.1) is 19.8 Å². The summed E-state index contributed by atoms with van der Waals surface area (Å²) < 4.78 is 38.8. The second-order valence-electron chi connectivity index (χ2n) is 11.0. The third-order valence-electron chi connectivity index (χ3n) is 7.82. The molecule has 1 aromatic carbocycles. The van der Waals surface area contributed by atoms with Crippen LogP contribution in [0.2, 0.25) is 0 Å². The number of carbonyl (C=O) groups is 2. The van der Waals surface area contributed by atoms with Crippen LogP contribution in [0.3, 0.4) is 0 Å². The van der Waals surface area contributed by atoms with Gasteiger partial charge in [-0.05, 0) is 62.3 Å². The van der Waals surface area contributed by atoms with Crippen LogP contribution >= 0.6 is 0 Å². The van der Waals surface area contributed by atoms with E-state index in [-0.39, 0.29) is 36.6 Å². The van der Waals surface area contributed by atoms with Crippen LogP contribution in [-0.2, 0) is 9.47 Å². The molecule has 3 atom stereocenters. The molecule has 1 aromatic rings. The maximum absolute atomic E-state index is 14.1. The first-order chi connectivity index (χ1) is 18.2. The lowest BCUT2D eigenvalue weighted by atomic mass is 9.72. The summed E-state index contributed by atoms with van der Waals surface area (Å²) in [5.41, 5.74) is 0.613. The second kappa shape index (κ2) is 14.6. The molecular weight excluding hydrogens is 494 g/mol. The van der Waals surface area contributed by atoms with Gasteiger partial charge >= 0.3 is 12.1 Å². The molecule has 1 saturated heterocycles. The number of ether oxygens (including phenoxy) is 2. The number of carbonyl (C=O) groups excluding carboxylic acids is 2. The zero-order chi connectivity index (χ0) is 27.5. The summed E-state index contributed by atoms with van der Waals surface area (Å²) in [6.07, 6.45) is 7.34.